The van der Waals surface area contributed by atoms with Crippen LogP contribution in [-0.2, 0) is 0 Å². The van der Waals surface area contributed by atoms with E-state index in [1.807, 2.05) is 6.07 Å². The maximum Gasteiger partial charge on any atom is 0.129 e. The summed E-state index contributed by atoms with van der Waals surface area (Å²) in [4.78, 5) is 4.04. The van der Waals surface area contributed by atoms with E-state index in [4.69, 9.17) is 17.3 Å². The summed E-state index contributed by atoms with van der Waals surface area (Å²) in [6, 6.07) is 4.26. The summed E-state index contributed by atoms with van der Waals surface area (Å²) in [5, 5.41) is 4.00. The van der Waals surface area contributed by atoms with Crippen LogP contribution in [0.1, 0.15) is 19.3 Å². The van der Waals surface area contributed by atoms with Gasteiger partial charge >= 0.3 is 0 Å². The zero-order chi connectivity index (χ0) is 10.7. The minimum atomic E-state index is 0.498. The van der Waals surface area contributed by atoms with E-state index < -0.39 is 0 Å². The fraction of sp³-hybridized carbons (Fsp3) is 0.545. The van der Waals surface area contributed by atoms with Gasteiger partial charge in [0.2, 0.25) is 0 Å². The van der Waals surface area contributed by atoms with Gasteiger partial charge in [-0.05, 0) is 37.4 Å². The first-order valence-corrected chi connectivity index (χ1v) is 5.75. The molecule has 0 aliphatic heterocycles. The van der Waals surface area contributed by atoms with Crippen molar-refractivity contribution < 1.29 is 0 Å². The van der Waals surface area contributed by atoms with Crippen LogP contribution >= 0.6 is 11.6 Å². The minimum absolute atomic E-state index is 0.498. The Bertz CT molecular complexity index is 312. The molecule has 4 heteroatoms. The lowest BCUT2D eigenvalue weighted by Crippen LogP contribution is -2.29. The summed E-state index contributed by atoms with van der Waals surface area (Å²) in [6.07, 6.45) is 5.47. The molecule has 3 N–H and O–H groups in total. The van der Waals surface area contributed by atoms with Crippen molar-refractivity contribution in [1.29, 1.82) is 0 Å². The fourth-order valence-corrected chi connectivity index (χ4v) is 2.30. The van der Waals surface area contributed by atoms with Crippen molar-refractivity contribution in [1.82, 2.24) is 4.98 Å². The lowest BCUT2D eigenvalue weighted by Gasteiger charge is -2.20. The van der Waals surface area contributed by atoms with Crippen LogP contribution in [0.15, 0.2) is 18.3 Å². The number of nitrogens with one attached hydrogen (secondary N) is 1. The van der Waals surface area contributed by atoms with Gasteiger partial charge in [0, 0.05) is 6.04 Å². The Labute approximate surface area is 95.0 Å². The molecule has 1 saturated carbocycles. The Morgan fingerprint density at radius 2 is 2.33 bits per heavy atom. The van der Waals surface area contributed by atoms with Gasteiger partial charge < -0.3 is 11.1 Å². The Kier molecular flexibility index (Phi) is 3.44. The summed E-state index contributed by atoms with van der Waals surface area (Å²) in [6.45, 7) is 0.763. The third-order valence-electron chi connectivity index (χ3n) is 3.04. The average Bonchev–Trinajstić information content (AvgIpc) is 2.69. The Balaban J connectivity index is 1.99. The minimum Gasteiger partial charge on any atom is -0.381 e. The summed E-state index contributed by atoms with van der Waals surface area (Å²) in [5.41, 5.74) is 6.76. The van der Waals surface area contributed by atoms with E-state index in [0.717, 1.165) is 12.2 Å². The van der Waals surface area contributed by atoms with E-state index >= 15 is 0 Å². The van der Waals surface area contributed by atoms with E-state index in [0.29, 0.717) is 17.1 Å². The number of nitrogens with two attached hydrogens (primary N) is 1. The van der Waals surface area contributed by atoms with Gasteiger partial charge in [-0.2, -0.15) is 0 Å². The number of nitrogens with zero attached hydrogens (tertiary/aromatic N) is 1. The number of aromatic nitrogens is 1. The molecule has 1 heterocycles. The lowest BCUT2D eigenvalue weighted by molar-refractivity contribution is 0.516. The van der Waals surface area contributed by atoms with Crippen molar-refractivity contribution in [3.05, 3.63) is 23.5 Å². The summed E-state index contributed by atoms with van der Waals surface area (Å²) < 4.78 is 0. The van der Waals surface area contributed by atoms with Gasteiger partial charge in [-0.15, -0.1) is 0 Å². The molecular formula is C11H16ClN3. The lowest BCUT2D eigenvalue weighted by atomic mass is 10.0. The van der Waals surface area contributed by atoms with Crippen LogP contribution in [0.3, 0.4) is 0 Å². The van der Waals surface area contributed by atoms with Gasteiger partial charge in [0.1, 0.15) is 5.15 Å². The highest BCUT2D eigenvalue weighted by molar-refractivity contribution is 6.29. The molecule has 1 aliphatic rings. The van der Waals surface area contributed by atoms with E-state index in [2.05, 4.69) is 10.3 Å². The van der Waals surface area contributed by atoms with Gasteiger partial charge in [0.25, 0.3) is 0 Å². The second-order valence-electron chi connectivity index (χ2n) is 4.05. The highest BCUT2D eigenvalue weighted by atomic mass is 35.5. The number of rotatable bonds is 3. The molecule has 82 valence electrons. The van der Waals surface area contributed by atoms with Crippen LogP contribution in [0, 0.1) is 5.92 Å². The largest absolute Gasteiger partial charge is 0.381 e. The number of hydrogen-bond donors (Lipinski definition) is 2. The topological polar surface area (TPSA) is 50.9 Å². The number of pyridine rings is 1. The van der Waals surface area contributed by atoms with Gasteiger partial charge in [0.05, 0.1) is 11.9 Å². The Morgan fingerprint density at radius 3 is 3.00 bits per heavy atom. The molecule has 1 aromatic heterocycles. The van der Waals surface area contributed by atoms with Crippen molar-refractivity contribution >= 4 is 17.3 Å². The molecule has 2 unspecified atom stereocenters. The molecule has 0 bridgehead atoms. The SMILES string of the molecule is NCC1CCCC1Nc1ccc(Cl)nc1. The number of hydrogen-bond acceptors (Lipinski definition) is 3. The molecule has 0 aromatic carbocycles. The predicted molar refractivity (Wildman–Crippen MR) is 63.1 cm³/mol. The highest BCUT2D eigenvalue weighted by Gasteiger charge is 2.25. The van der Waals surface area contributed by atoms with Crippen molar-refractivity contribution in [2.24, 2.45) is 11.7 Å². The van der Waals surface area contributed by atoms with Crippen LogP contribution in [0.25, 0.3) is 0 Å². The van der Waals surface area contributed by atoms with Crippen molar-refractivity contribution in [3.63, 3.8) is 0 Å². The van der Waals surface area contributed by atoms with Crippen LogP contribution in [0.4, 0.5) is 5.69 Å². The fourth-order valence-electron chi connectivity index (χ4n) is 2.18. The van der Waals surface area contributed by atoms with Crippen LogP contribution in [-0.4, -0.2) is 17.6 Å². The van der Waals surface area contributed by atoms with E-state index in [1.165, 1.54) is 19.3 Å². The highest BCUT2D eigenvalue weighted by Crippen LogP contribution is 2.27. The van der Waals surface area contributed by atoms with Crippen molar-refractivity contribution in [2.75, 3.05) is 11.9 Å². The summed E-state index contributed by atoms with van der Waals surface area (Å²) in [7, 11) is 0. The van der Waals surface area contributed by atoms with Gasteiger partial charge in [-0.1, -0.05) is 18.0 Å². The normalized spacial score (nSPS) is 25.5. The number of halogens is 1. The van der Waals surface area contributed by atoms with Gasteiger partial charge in [-0.25, -0.2) is 4.98 Å². The number of anilines is 1. The molecule has 0 saturated heterocycles. The van der Waals surface area contributed by atoms with Crippen molar-refractivity contribution in [3.8, 4) is 0 Å². The molecule has 0 amide bonds. The first-order chi connectivity index (χ1) is 7.29. The molecule has 3 nitrogen and oxygen atoms in total. The Morgan fingerprint density at radius 1 is 1.47 bits per heavy atom. The molecular weight excluding hydrogens is 210 g/mol. The third kappa shape index (κ3) is 2.61. The van der Waals surface area contributed by atoms with E-state index in [1.54, 1.807) is 12.3 Å². The van der Waals surface area contributed by atoms with E-state index in [-0.39, 0.29) is 0 Å². The molecule has 2 rings (SSSR count). The van der Waals surface area contributed by atoms with Crippen LogP contribution in [0.5, 0.6) is 0 Å². The second-order valence-corrected chi connectivity index (χ2v) is 4.43. The second kappa shape index (κ2) is 4.81. The molecule has 0 radical (unpaired) electrons. The molecule has 2 atom stereocenters. The zero-order valence-corrected chi connectivity index (χ0v) is 9.37. The van der Waals surface area contributed by atoms with Gasteiger partial charge in [0.15, 0.2) is 0 Å². The molecule has 1 fully saturated rings. The summed E-state index contributed by atoms with van der Waals surface area (Å²) >= 11 is 5.73. The van der Waals surface area contributed by atoms with Crippen LogP contribution < -0.4 is 11.1 Å². The first kappa shape index (κ1) is 10.7. The average molecular weight is 226 g/mol. The quantitative estimate of drug-likeness (QED) is 0.776. The smallest absolute Gasteiger partial charge is 0.129 e. The zero-order valence-electron chi connectivity index (χ0n) is 8.62. The molecule has 15 heavy (non-hydrogen) atoms. The standard InChI is InChI=1S/C11H16ClN3/c12-11-5-4-9(7-14-11)15-10-3-1-2-8(10)6-13/h4-5,7-8,10,15H,1-3,6,13H2. The van der Waals surface area contributed by atoms with Gasteiger partial charge in [-0.3, -0.25) is 0 Å². The van der Waals surface area contributed by atoms with Crippen LogP contribution in [0.2, 0.25) is 5.15 Å². The molecule has 1 aliphatic carbocycles. The maximum atomic E-state index is 5.73. The first-order valence-electron chi connectivity index (χ1n) is 5.38. The predicted octanol–water partition coefficient (Wildman–Crippen LogP) is 2.27. The van der Waals surface area contributed by atoms with Crippen molar-refractivity contribution in [2.45, 2.75) is 25.3 Å². The molecule has 1 aromatic rings. The third-order valence-corrected chi connectivity index (χ3v) is 3.26. The van der Waals surface area contributed by atoms with E-state index in [9.17, 15) is 0 Å². The maximum absolute atomic E-state index is 5.73. The Hall–Kier alpha value is -0.800. The monoisotopic (exact) mass is 225 g/mol. The summed E-state index contributed by atoms with van der Waals surface area (Å²) in [5.74, 6) is 0.598. The molecule has 0 spiro atoms.